The van der Waals surface area contributed by atoms with Crippen molar-refractivity contribution in [3.8, 4) is 0 Å². The summed E-state index contributed by atoms with van der Waals surface area (Å²) < 4.78 is 0. The Kier molecular flexibility index (Phi) is 5.99. The topological polar surface area (TPSA) is 42.1 Å². The quantitative estimate of drug-likeness (QED) is 0.868. The molecule has 0 spiro atoms. The molecule has 1 aromatic rings. The second-order valence-electron chi connectivity index (χ2n) is 6.42. The van der Waals surface area contributed by atoms with Crippen molar-refractivity contribution in [2.45, 2.75) is 45.1 Å². The third-order valence-electron chi connectivity index (χ3n) is 4.83. The maximum atomic E-state index is 6.07. The smallest absolute Gasteiger partial charge is 0.0270 e. The van der Waals surface area contributed by atoms with Gasteiger partial charge in [0.15, 0.2) is 0 Å². The SMILES string of the molecule is CC1CCCC(C(CN)N(C)CCc2ccncc2)C1. The zero-order valence-corrected chi connectivity index (χ0v) is 13.0. The summed E-state index contributed by atoms with van der Waals surface area (Å²) >= 11 is 0. The van der Waals surface area contributed by atoms with Gasteiger partial charge in [0.25, 0.3) is 0 Å². The van der Waals surface area contributed by atoms with Crippen molar-refractivity contribution in [3.63, 3.8) is 0 Å². The van der Waals surface area contributed by atoms with Crippen LogP contribution in [0.2, 0.25) is 0 Å². The lowest BCUT2D eigenvalue weighted by atomic mass is 9.78. The molecule has 0 amide bonds. The van der Waals surface area contributed by atoms with Crippen LogP contribution in [0.3, 0.4) is 0 Å². The molecule has 1 heterocycles. The predicted octanol–water partition coefficient (Wildman–Crippen LogP) is 2.71. The molecule has 2 N–H and O–H groups in total. The molecule has 2 rings (SSSR count). The number of pyridine rings is 1. The van der Waals surface area contributed by atoms with E-state index in [1.54, 1.807) is 0 Å². The van der Waals surface area contributed by atoms with Gasteiger partial charge in [-0.15, -0.1) is 0 Å². The van der Waals surface area contributed by atoms with Crippen molar-refractivity contribution in [1.82, 2.24) is 9.88 Å². The van der Waals surface area contributed by atoms with Gasteiger partial charge in [-0.1, -0.05) is 19.8 Å². The van der Waals surface area contributed by atoms with E-state index in [0.717, 1.165) is 31.3 Å². The summed E-state index contributed by atoms with van der Waals surface area (Å²) in [5.41, 5.74) is 7.43. The summed E-state index contributed by atoms with van der Waals surface area (Å²) in [6.07, 6.45) is 10.3. The molecule has 1 fully saturated rings. The van der Waals surface area contributed by atoms with Crippen LogP contribution in [0.25, 0.3) is 0 Å². The summed E-state index contributed by atoms with van der Waals surface area (Å²) in [7, 11) is 2.23. The predicted molar refractivity (Wildman–Crippen MR) is 84.5 cm³/mol. The van der Waals surface area contributed by atoms with Crippen LogP contribution >= 0.6 is 0 Å². The van der Waals surface area contributed by atoms with E-state index in [4.69, 9.17) is 5.73 Å². The minimum absolute atomic E-state index is 0.541. The Bertz CT molecular complexity index is 379. The summed E-state index contributed by atoms with van der Waals surface area (Å²) in [6.45, 7) is 4.25. The summed E-state index contributed by atoms with van der Waals surface area (Å²) in [4.78, 5) is 6.55. The molecule has 3 heteroatoms. The highest BCUT2D eigenvalue weighted by Crippen LogP contribution is 2.32. The van der Waals surface area contributed by atoms with Gasteiger partial charge in [-0.05, 0) is 55.8 Å². The molecule has 1 aliphatic rings. The average molecular weight is 275 g/mol. The van der Waals surface area contributed by atoms with Gasteiger partial charge in [0.2, 0.25) is 0 Å². The first-order valence-corrected chi connectivity index (χ1v) is 8.00. The van der Waals surface area contributed by atoms with Crippen molar-refractivity contribution < 1.29 is 0 Å². The Morgan fingerprint density at radius 3 is 2.75 bits per heavy atom. The van der Waals surface area contributed by atoms with Gasteiger partial charge in [-0.2, -0.15) is 0 Å². The second-order valence-corrected chi connectivity index (χ2v) is 6.42. The summed E-state index contributed by atoms with van der Waals surface area (Å²) in [6, 6.07) is 4.75. The van der Waals surface area contributed by atoms with Gasteiger partial charge >= 0.3 is 0 Å². The molecule has 3 unspecified atom stereocenters. The van der Waals surface area contributed by atoms with Gasteiger partial charge in [0.05, 0.1) is 0 Å². The van der Waals surface area contributed by atoms with Gasteiger partial charge in [0, 0.05) is 31.5 Å². The monoisotopic (exact) mass is 275 g/mol. The van der Waals surface area contributed by atoms with E-state index in [9.17, 15) is 0 Å². The zero-order valence-electron chi connectivity index (χ0n) is 13.0. The fraction of sp³-hybridized carbons (Fsp3) is 0.706. The number of hydrogen-bond acceptors (Lipinski definition) is 3. The fourth-order valence-electron chi connectivity index (χ4n) is 3.58. The second kappa shape index (κ2) is 7.75. The summed E-state index contributed by atoms with van der Waals surface area (Å²) in [5.74, 6) is 1.66. The van der Waals surface area contributed by atoms with Crippen LogP contribution in [-0.2, 0) is 6.42 Å². The van der Waals surface area contributed by atoms with Crippen molar-refractivity contribution in [2.75, 3.05) is 20.1 Å². The van der Waals surface area contributed by atoms with E-state index in [1.165, 1.54) is 31.2 Å². The summed E-state index contributed by atoms with van der Waals surface area (Å²) in [5, 5.41) is 0. The van der Waals surface area contributed by atoms with Crippen LogP contribution in [-0.4, -0.2) is 36.1 Å². The van der Waals surface area contributed by atoms with Crippen molar-refractivity contribution in [3.05, 3.63) is 30.1 Å². The lowest BCUT2D eigenvalue weighted by molar-refractivity contribution is 0.131. The third kappa shape index (κ3) is 4.29. The Morgan fingerprint density at radius 1 is 1.35 bits per heavy atom. The lowest BCUT2D eigenvalue weighted by Crippen LogP contribution is -2.45. The molecule has 0 saturated heterocycles. The third-order valence-corrected chi connectivity index (χ3v) is 4.83. The van der Waals surface area contributed by atoms with E-state index in [2.05, 4.69) is 36.0 Å². The van der Waals surface area contributed by atoms with Crippen LogP contribution in [0.4, 0.5) is 0 Å². The number of aromatic nitrogens is 1. The molecular weight excluding hydrogens is 246 g/mol. The molecule has 0 radical (unpaired) electrons. The molecule has 3 nitrogen and oxygen atoms in total. The molecule has 0 bridgehead atoms. The maximum Gasteiger partial charge on any atom is 0.0270 e. The van der Waals surface area contributed by atoms with Gasteiger partial charge in [0.1, 0.15) is 0 Å². The number of rotatable bonds is 6. The minimum atomic E-state index is 0.541. The van der Waals surface area contributed by atoms with E-state index in [0.29, 0.717) is 6.04 Å². The molecule has 0 aromatic carbocycles. The minimum Gasteiger partial charge on any atom is -0.329 e. The fourth-order valence-corrected chi connectivity index (χ4v) is 3.58. The van der Waals surface area contributed by atoms with Crippen LogP contribution in [0.1, 0.15) is 38.2 Å². The molecule has 1 aliphatic carbocycles. The molecule has 0 aliphatic heterocycles. The lowest BCUT2D eigenvalue weighted by Gasteiger charge is -2.38. The normalized spacial score (nSPS) is 24.8. The average Bonchev–Trinajstić information content (AvgIpc) is 2.47. The van der Waals surface area contributed by atoms with Crippen LogP contribution in [0, 0.1) is 11.8 Å². The number of nitrogens with two attached hydrogens (primary N) is 1. The molecule has 1 aromatic heterocycles. The largest absolute Gasteiger partial charge is 0.329 e. The number of likely N-dealkylation sites (N-methyl/N-ethyl adjacent to an activating group) is 1. The molecule has 3 atom stereocenters. The Morgan fingerprint density at radius 2 is 2.10 bits per heavy atom. The number of nitrogens with zero attached hydrogens (tertiary/aromatic N) is 2. The van der Waals surface area contributed by atoms with E-state index in [1.807, 2.05) is 12.4 Å². The highest BCUT2D eigenvalue weighted by Gasteiger charge is 2.28. The van der Waals surface area contributed by atoms with Gasteiger partial charge in [-0.25, -0.2) is 0 Å². The number of hydrogen-bond donors (Lipinski definition) is 1. The van der Waals surface area contributed by atoms with Crippen molar-refractivity contribution in [2.24, 2.45) is 17.6 Å². The molecular formula is C17H29N3. The molecule has 20 heavy (non-hydrogen) atoms. The first-order valence-electron chi connectivity index (χ1n) is 8.00. The van der Waals surface area contributed by atoms with E-state index >= 15 is 0 Å². The zero-order chi connectivity index (χ0) is 14.4. The van der Waals surface area contributed by atoms with Crippen LogP contribution in [0.15, 0.2) is 24.5 Å². The van der Waals surface area contributed by atoms with Crippen LogP contribution < -0.4 is 5.73 Å². The molecule has 1 saturated carbocycles. The van der Waals surface area contributed by atoms with Crippen molar-refractivity contribution >= 4 is 0 Å². The Labute approximate surface area is 123 Å². The van der Waals surface area contributed by atoms with Gasteiger partial charge < -0.3 is 10.6 Å². The highest BCUT2D eigenvalue weighted by molar-refractivity contribution is 5.10. The van der Waals surface area contributed by atoms with Crippen LogP contribution in [0.5, 0.6) is 0 Å². The Hall–Kier alpha value is -0.930. The standard InChI is InChI=1S/C17H29N3/c1-14-4-3-5-16(12-14)17(13-18)20(2)11-8-15-6-9-19-10-7-15/h6-7,9-10,14,16-17H,3-5,8,11-13,18H2,1-2H3. The first kappa shape index (κ1) is 15.5. The van der Waals surface area contributed by atoms with E-state index in [-0.39, 0.29) is 0 Å². The van der Waals surface area contributed by atoms with E-state index < -0.39 is 0 Å². The highest BCUT2D eigenvalue weighted by atomic mass is 15.1. The Balaban J connectivity index is 1.86. The van der Waals surface area contributed by atoms with Crippen molar-refractivity contribution in [1.29, 1.82) is 0 Å². The molecule has 112 valence electrons. The first-order chi connectivity index (χ1) is 9.70. The van der Waals surface area contributed by atoms with Gasteiger partial charge in [-0.3, -0.25) is 4.98 Å². The maximum absolute atomic E-state index is 6.07.